The van der Waals surface area contributed by atoms with E-state index in [1.54, 1.807) is 12.1 Å². The highest BCUT2D eigenvalue weighted by Gasteiger charge is 1.99. The second-order valence-corrected chi connectivity index (χ2v) is 4.57. The number of hydrogen-bond donors (Lipinski definition) is 2. The molecule has 0 spiro atoms. The predicted molar refractivity (Wildman–Crippen MR) is 81.1 cm³/mol. The molecule has 0 atom stereocenters. The molecule has 0 saturated heterocycles. The molecule has 0 aromatic heterocycles. The number of hydrogen-bond acceptors (Lipinski definition) is 3. The highest BCUT2D eigenvalue weighted by molar-refractivity contribution is 5.91. The quantitative estimate of drug-likeness (QED) is 0.589. The Kier molecular flexibility index (Phi) is 7.30. The number of aryl methyl sites for hydroxylation is 1. The van der Waals surface area contributed by atoms with Crippen LogP contribution in [-0.2, 0) is 9.59 Å². The minimum absolute atomic E-state index is 0.133. The number of carbonyl (C=O) groups is 2. The lowest BCUT2D eigenvalue weighted by Crippen LogP contribution is -2.28. The molecule has 0 saturated carbocycles. The van der Waals surface area contributed by atoms with Crippen LogP contribution < -0.4 is 10.6 Å². The zero-order valence-corrected chi connectivity index (χ0v) is 12.1. The van der Waals surface area contributed by atoms with Crippen LogP contribution in [0.15, 0.2) is 30.3 Å². The summed E-state index contributed by atoms with van der Waals surface area (Å²) in [6, 6.07) is 9.64. The number of nitrogens with one attached hydrogen (secondary N) is 2. The van der Waals surface area contributed by atoms with Crippen molar-refractivity contribution in [3.05, 3.63) is 41.5 Å². The fourth-order valence-electron chi connectivity index (χ4n) is 1.57. The molecule has 0 heterocycles. The number of rotatable bonds is 7. The third-order valence-electron chi connectivity index (χ3n) is 2.72. The topological polar surface area (TPSA) is 82.0 Å². The maximum Gasteiger partial charge on any atom is 0.244 e. The molecule has 2 amide bonds. The highest BCUT2D eigenvalue weighted by atomic mass is 16.2. The minimum Gasteiger partial charge on any atom is -0.355 e. The third-order valence-corrected chi connectivity index (χ3v) is 2.72. The van der Waals surface area contributed by atoms with Crippen LogP contribution in [0.5, 0.6) is 0 Å². The number of carbonyl (C=O) groups excluding carboxylic acids is 2. The van der Waals surface area contributed by atoms with E-state index in [2.05, 4.69) is 10.6 Å². The van der Waals surface area contributed by atoms with Crippen LogP contribution in [0, 0.1) is 18.3 Å². The molecule has 21 heavy (non-hydrogen) atoms. The second kappa shape index (κ2) is 9.32. The van der Waals surface area contributed by atoms with E-state index in [-0.39, 0.29) is 18.2 Å². The first kappa shape index (κ1) is 16.4. The molecule has 5 nitrogen and oxygen atoms in total. The average molecular weight is 285 g/mol. The maximum absolute atomic E-state index is 11.6. The molecule has 2 N–H and O–H groups in total. The monoisotopic (exact) mass is 285 g/mol. The molecule has 0 aliphatic rings. The average Bonchev–Trinajstić information content (AvgIpc) is 2.46. The molecule has 1 rings (SSSR count). The van der Waals surface area contributed by atoms with E-state index in [0.29, 0.717) is 19.5 Å². The van der Waals surface area contributed by atoms with Gasteiger partial charge in [0.15, 0.2) is 0 Å². The van der Waals surface area contributed by atoms with Crippen molar-refractivity contribution in [2.24, 2.45) is 0 Å². The van der Waals surface area contributed by atoms with Crippen molar-refractivity contribution in [3.8, 4) is 6.07 Å². The van der Waals surface area contributed by atoms with Gasteiger partial charge in [-0.15, -0.1) is 0 Å². The van der Waals surface area contributed by atoms with Gasteiger partial charge in [-0.25, -0.2) is 0 Å². The molecule has 110 valence electrons. The van der Waals surface area contributed by atoms with Crippen molar-refractivity contribution in [1.82, 2.24) is 10.6 Å². The first-order valence-electron chi connectivity index (χ1n) is 6.78. The standard InChI is InChI=1S/C16H19N3O2/c1-13-3-5-14(6-4-13)7-8-15(20)18-11-2-12-19-16(21)9-10-17/h3-8H,2,9,11-12H2,1H3,(H,18,20)(H,19,21)/b8-7+. The zero-order valence-electron chi connectivity index (χ0n) is 12.1. The molecular weight excluding hydrogens is 266 g/mol. The van der Waals surface area contributed by atoms with Crippen LogP contribution in [-0.4, -0.2) is 24.9 Å². The molecule has 1 aromatic rings. The summed E-state index contributed by atoms with van der Waals surface area (Å²) in [7, 11) is 0. The fraction of sp³-hybridized carbons (Fsp3) is 0.312. The highest BCUT2D eigenvalue weighted by Crippen LogP contribution is 2.04. The van der Waals surface area contributed by atoms with Gasteiger partial charge in [0.2, 0.25) is 11.8 Å². The Labute approximate surface area is 124 Å². The van der Waals surface area contributed by atoms with Crippen LogP contribution in [0.2, 0.25) is 0 Å². The normalized spacial score (nSPS) is 10.1. The molecule has 0 radical (unpaired) electrons. The first-order valence-corrected chi connectivity index (χ1v) is 6.78. The smallest absolute Gasteiger partial charge is 0.244 e. The maximum atomic E-state index is 11.6. The Morgan fingerprint density at radius 3 is 2.52 bits per heavy atom. The molecule has 0 aliphatic carbocycles. The molecule has 0 fully saturated rings. The van der Waals surface area contributed by atoms with Crippen molar-refractivity contribution in [3.63, 3.8) is 0 Å². The summed E-state index contributed by atoms with van der Waals surface area (Å²) in [5.41, 5.74) is 2.15. The van der Waals surface area contributed by atoms with Crippen molar-refractivity contribution < 1.29 is 9.59 Å². The number of benzene rings is 1. The largest absolute Gasteiger partial charge is 0.355 e. The van der Waals surface area contributed by atoms with Crippen LogP contribution >= 0.6 is 0 Å². The number of amides is 2. The van der Waals surface area contributed by atoms with Gasteiger partial charge >= 0.3 is 0 Å². The van der Waals surface area contributed by atoms with Gasteiger partial charge in [0.05, 0.1) is 6.07 Å². The van der Waals surface area contributed by atoms with Crippen molar-refractivity contribution >= 4 is 17.9 Å². The SMILES string of the molecule is Cc1ccc(/C=C/C(=O)NCCCNC(=O)CC#N)cc1. The van der Waals surface area contributed by atoms with Gasteiger partial charge in [-0.05, 0) is 25.0 Å². The number of nitriles is 1. The van der Waals surface area contributed by atoms with Gasteiger partial charge in [-0.2, -0.15) is 5.26 Å². The minimum atomic E-state index is -0.289. The third kappa shape index (κ3) is 7.53. The van der Waals surface area contributed by atoms with E-state index in [1.807, 2.05) is 31.2 Å². The van der Waals surface area contributed by atoms with Gasteiger partial charge in [-0.3, -0.25) is 9.59 Å². The van der Waals surface area contributed by atoms with Gasteiger partial charge in [0.1, 0.15) is 6.42 Å². The van der Waals surface area contributed by atoms with E-state index < -0.39 is 0 Å². The Morgan fingerprint density at radius 2 is 1.86 bits per heavy atom. The van der Waals surface area contributed by atoms with Crippen molar-refractivity contribution in [2.45, 2.75) is 19.8 Å². The first-order chi connectivity index (χ1) is 10.1. The van der Waals surface area contributed by atoms with Crippen LogP contribution in [0.1, 0.15) is 24.0 Å². The Bertz CT molecular complexity index is 542. The Hall–Kier alpha value is -2.61. The van der Waals surface area contributed by atoms with Gasteiger partial charge in [0, 0.05) is 19.2 Å². The molecule has 1 aromatic carbocycles. The van der Waals surface area contributed by atoms with E-state index >= 15 is 0 Å². The fourth-order valence-corrected chi connectivity index (χ4v) is 1.57. The summed E-state index contributed by atoms with van der Waals surface area (Å²) in [6.45, 7) is 2.93. The van der Waals surface area contributed by atoms with Gasteiger partial charge in [-0.1, -0.05) is 29.8 Å². The van der Waals surface area contributed by atoms with Crippen molar-refractivity contribution in [1.29, 1.82) is 5.26 Å². The lowest BCUT2D eigenvalue weighted by atomic mass is 10.1. The Morgan fingerprint density at radius 1 is 1.19 bits per heavy atom. The molecule has 0 unspecified atom stereocenters. The van der Waals surface area contributed by atoms with E-state index in [1.165, 1.54) is 11.6 Å². The summed E-state index contributed by atoms with van der Waals surface area (Å²) in [5.74, 6) is -0.456. The predicted octanol–water partition coefficient (Wildman–Crippen LogP) is 1.54. The van der Waals surface area contributed by atoms with E-state index in [0.717, 1.165) is 5.56 Å². The van der Waals surface area contributed by atoms with Crippen LogP contribution in [0.4, 0.5) is 0 Å². The second-order valence-electron chi connectivity index (χ2n) is 4.57. The molecule has 0 bridgehead atoms. The van der Waals surface area contributed by atoms with E-state index in [9.17, 15) is 9.59 Å². The summed E-state index contributed by atoms with van der Waals surface area (Å²) in [4.78, 5) is 22.5. The zero-order chi connectivity index (χ0) is 15.5. The van der Waals surface area contributed by atoms with Crippen LogP contribution in [0.3, 0.4) is 0 Å². The van der Waals surface area contributed by atoms with Crippen LogP contribution in [0.25, 0.3) is 6.08 Å². The van der Waals surface area contributed by atoms with E-state index in [4.69, 9.17) is 5.26 Å². The number of nitrogens with zero attached hydrogens (tertiary/aromatic N) is 1. The summed E-state index contributed by atoms with van der Waals surface area (Å²) in [5, 5.41) is 13.6. The Balaban J connectivity index is 2.18. The molecule has 0 aliphatic heterocycles. The summed E-state index contributed by atoms with van der Waals surface area (Å²) in [6.07, 6.45) is 3.73. The molecular formula is C16H19N3O2. The lowest BCUT2D eigenvalue weighted by Gasteiger charge is -2.03. The van der Waals surface area contributed by atoms with Gasteiger partial charge < -0.3 is 10.6 Å². The van der Waals surface area contributed by atoms with Crippen molar-refractivity contribution in [2.75, 3.05) is 13.1 Å². The van der Waals surface area contributed by atoms with Gasteiger partial charge in [0.25, 0.3) is 0 Å². The lowest BCUT2D eigenvalue weighted by molar-refractivity contribution is -0.120. The molecule has 5 heteroatoms. The summed E-state index contributed by atoms with van der Waals surface area (Å²) < 4.78 is 0. The summed E-state index contributed by atoms with van der Waals surface area (Å²) >= 11 is 0.